The highest BCUT2D eigenvalue weighted by atomic mass is 16.5. The van der Waals surface area contributed by atoms with E-state index in [9.17, 15) is 4.79 Å². The Bertz CT molecular complexity index is 636. The van der Waals surface area contributed by atoms with Crippen molar-refractivity contribution in [3.05, 3.63) is 53.6 Å². The topological polar surface area (TPSA) is 55.6 Å². The van der Waals surface area contributed by atoms with Crippen LogP contribution in [0.5, 0.6) is 5.75 Å². The van der Waals surface area contributed by atoms with Crippen LogP contribution in [-0.2, 0) is 0 Å². The smallest absolute Gasteiger partial charge is 0.262 e. The number of anilines is 2. The summed E-state index contributed by atoms with van der Waals surface area (Å²) < 4.78 is 5.27. The molecule has 2 N–H and O–H groups in total. The van der Waals surface area contributed by atoms with Crippen molar-refractivity contribution in [1.82, 2.24) is 0 Å². The molecule has 0 aliphatic heterocycles. The molecule has 110 valence electrons. The number of methoxy groups -OCH3 is 1. The minimum Gasteiger partial charge on any atom is -0.494 e. The second kappa shape index (κ2) is 6.31. The SMILES string of the molecule is CCN(C(=O)c1cccc(N)c1OC)c1ccc(C)cc1. The van der Waals surface area contributed by atoms with Crippen molar-refractivity contribution in [1.29, 1.82) is 0 Å². The maximum Gasteiger partial charge on any atom is 0.262 e. The van der Waals surface area contributed by atoms with Gasteiger partial charge in [0.25, 0.3) is 5.91 Å². The number of ether oxygens (including phenoxy) is 1. The molecule has 2 aromatic rings. The Kier molecular flexibility index (Phi) is 4.48. The van der Waals surface area contributed by atoms with Crippen LogP contribution in [0.2, 0.25) is 0 Å². The maximum absolute atomic E-state index is 12.8. The molecule has 0 heterocycles. The number of carbonyl (C=O) groups is 1. The van der Waals surface area contributed by atoms with Crippen LogP contribution >= 0.6 is 0 Å². The van der Waals surface area contributed by atoms with Gasteiger partial charge in [-0.15, -0.1) is 0 Å². The fourth-order valence-corrected chi connectivity index (χ4v) is 2.26. The highest BCUT2D eigenvalue weighted by Gasteiger charge is 2.21. The summed E-state index contributed by atoms with van der Waals surface area (Å²) in [5, 5.41) is 0. The van der Waals surface area contributed by atoms with Gasteiger partial charge in [0, 0.05) is 12.2 Å². The summed E-state index contributed by atoms with van der Waals surface area (Å²) >= 11 is 0. The number of hydrogen-bond donors (Lipinski definition) is 1. The highest BCUT2D eigenvalue weighted by Crippen LogP contribution is 2.28. The number of hydrogen-bond acceptors (Lipinski definition) is 3. The molecule has 0 fully saturated rings. The molecule has 2 rings (SSSR count). The van der Waals surface area contributed by atoms with Crippen LogP contribution in [0.15, 0.2) is 42.5 Å². The standard InChI is InChI=1S/C17H20N2O2/c1-4-19(13-10-8-12(2)9-11-13)17(20)14-6-5-7-15(18)16(14)21-3/h5-11H,4,18H2,1-3H3. The average molecular weight is 284 g/mol. The van der Waals surface area contributed by atoms with Crippen molar-refractivity contribution < 1.29 is 9.53 Å². The summed E-state index contributed by atoms with van der Waals surface area (Å²) in [7, 11) is 1.52. The first-order valence-corrected chi connectivity index (χ1v) is 6.89. The second-order valence-electron chi connectivity index (χ2n) is 4.81. The molecule has 1 amide bonds. The van der Waals surface area contributed by atoms with Crippen LogP contribution in [-0.4, -0.2) is 19.6 Å². The Morgan fingerprint density at radius 2 is 1.86 bits per heavy atom. The molecule has 0 aliphatic rings. The third kappa shape index (κ3) is 2.99. The largest absolute Gasteiger partial charge is 0.494 e. The van der Waals surface area contributed by atoms with Gasteiger partial charge in [-0.3, -0.25) is 4.79 Å². The molecule has 21 heavy (non-hydrogen) atoms. The van der Waals surface area contributed by atoms with E-state index in [1.54, 1.807) is 23.1 Å². The number of amides is 1. The van der Waals surface area contributed by atoms with E-state index in [-0.39, 0.29) is 5.91 Å². The summed E-state index contributed by atoms with van der Waals surface area (Å²) in [4.78, 5) is 14.5. The number of para-hydroxylation sites is 1. The summed E-state index contributed by atoms with van der Waals surface area (Å²) in [6, 6.07) is 13.1. The van der Waals surface area contributed by atoms with Crippen molar-refractivity contribution in [2.24, 2.45) is 0 Å². The lowest BCUT2D eigenvalue weighted by Gasteiger charge is -2.22. The van der Waals surface area contributed by atoms with Crippen LogP contribution in [0.4, 0.5) is 11.4 Å². The number of nitrogen functional groups attached to an aromatic ring is 1. The number of aryl methyl sites for hydroxylation is 1. The third-order valence-electron chi connectivity index (χ3n) is 3.39. The van der Waals surface area contributed by atoms with E-state index in [1.807, 2.05) is 38.1 Å². The molecule has 0 aromatic heterocycles. The van der Waals surface area contributed by atoms with Crippen LogP contribution in [0.25, 0.3) is 0 Å². The summed E-state index contributed by atoms with van der Waals surface area (Å²) in [6.07, 6.45) is 0. The summed E-state index contributed by atoms with van der Waals surface area (Å²) in [5.74, 6) is 0.304. The van der Waals surface area contributed by atoms with Gasteiger partial charge in [0.15, 0.2) is 5.75 Å². The Labute approximate surface area is 125 Å². The minimum atomic E-state index is -0.120. The molecule has 2 aromatic carbocycles. The Balaban J connectivity index is 2.41. The van der Waals surface area contributed by atoms with E-state index >= 15 is 0 Å². The molecule has 4 nitrogen and oxygen atoms in total. The molecular weight excluding hydrogens is 264 g/mol. The van der Waals surface area contributed by atoms with Crippen LogP contribution in [0.3, 0.4) is 0 Å². The van der Waals surface area contributed by atoms with Crippen molar-refractivity contribution in [2.45, 2.75) is 13.8 Å². The first kappa shape index (κ1) is 14.9. The molecule has 0 saturated carbocycles. The van der Waals surface area contributed by atoms with Crippen molar-refractivity contribution in [3.63, 3.8) is 0 Å². The highest BCUT2D eigenvalue weighted by molar-refractivity contribution is 6.08. The van der Waals surface area contributed by atoms with Crippen molar-refractivity contribution in [3.8, 4) is 5.75 Å². The maximum atomic E-state index is 12.8. The van der Waals surface area contributed by atoms with Crippen LogP contribution in [0.1, 0.15) is 22.8 Å². The normalized spacial score (nSPS) is 10.2. The molecule has 0 radical (unpaired) electrons. The van der Waals surface area contributed by atoms with E-state index in [0.717, 1.165) is 11.3 Å². The lowest BCUT2D eigenvalue weighted by Crippen LogP contribution is -2.31. The molecule has 0 spiro atoms. The summed E-state index contributed by atoms with van der Waals surface area (Å²) in [6.45, 7) is 4.53. The fourth-order valence-electron chi connectivity index (χ4n) is 2.26. The average Bonchev–Trinajstić information content (AvgIpc) is 2.49. The van der Waals surface area contributed by atoms with Crippen LogP contribution in [0, 0.1) is 6.92 Å². The van der Waals surface area contributed by atoms with E-state index in [0.29, 0.717) is 23.5 Å². The number of rotatable bonds is 4. The first-order chi connectivity index (χ1) is 10.1. The quantitative estimate of drug-likeness (QED) is 0.877. The van der Waals surface area contributed by atoms with Crippen LogP contribution < -0.4 is 15.4 Å². The first-order valence-electron chi connectivity index (χ1n) is 6.89. The second-order valence-corrected chi connectivity index (χ2v) is 4.81. The zero-order chi connectivity index (χ0) is 15.4. The molecule has 0 saturated heterocycles. The summed E-state index contributed by atoms with van der Waals surface area (Å²) in [5.41, 5.74) is 8.82. The van der Waals surface area contributed by atoms with Gasteiger partial charge < -0.3 is 15.4 Å². The zero-order valence-electron chi connectivity index (χ0n) is 12.6. The minimum absolute atomic E-state index is 0.120. The molecule has 0 bridgehead atoms. The van der Waals surface area contributed by atoms with Crippen molar-refractivity contribution >= 4 is 17.3 Å². The van der Waals surface area contributed by atoms with Crippen molar-refractivity contribution in [2.75, 3.05) is 24.3 Å². The molecule has 0 aliphatic carbocycles. The predicted molar refractivity (Wildman–Crippen MR) is 85.9 cm³/mol. The van der Waals surface area contributed by atoms with Gasteiger partial charge in [-0.1, -0.05) is 23.8 Å². The van der Waals surface area contributed by atoms with Gasteiger partial charge in [-0.25, -0.2) is 0 Å². The van der Waals surface area contributed by atoms with Gasteiger partial charge >= 0.3 is 0 Å². The number of benzene rings is 2. The zero-order valence-corrected chi connectivity index (χ0v) is 12.6. The fraction of sp³-hybridized carbons (Fsp3) is 0.235. The van der Waals surface area contributed by atoms with Gasteiger partial charge in [0.1, 0.15) is 0 Å². The van der Waals surface area contributed by atoms with E-state index < -0.39 is 0 Å². The predicted octanol–water partition coefficient (Wildman–Crippen LogP) is 3.25. The van der Waals surface area contributed by atoms with E-state index in [4.69, 9.17) is 10.5 Å². The van der Waals surface area contributed by atoms with Gasteiger partial charge in [0.2, 0.25) is 0 Å². The lowest BCUT2D eigenvalue weighted by atomic mass is 10.1. The molecule has 4 heteroatoms. The van der Waals surface area contributed by atoms with Gasteiger partial charge in [-0.05, 0) is 38.1 Å². The number of carbonyl (C=O) groups excluding carboxylic acids is 1. The Morgan fingerprint density at radius 1 is 1.19 bits per heavy atom. The van der Waals surface area contributed by atoms with E-state index in [2.05, 4.69) is 0 Å². The molecule has 0 atom stereocenters. The Morgan fingerprint density at radius 3 is 2.43 bits per heavy atom. The molecule has 0 unspecified atom stereocenters. The number of nitrogens with zero attached hydrogens (tertiary/aromatic N) is 1. The number of nitrogens with two attached hydrogens (primary N) is 1. The third-order valence-corrected chi connectivity index (χ3v) is 3.39. The van der Waals surface area contributed by atoms with E-state index in [1.165, 1.54) is 7.11 Å². The monoisotopic (exact) mass is 284 g/mol. The van der Waals surface area contributed by atoms with Gasteiger partial charge in [-0.2, -0.15) is 0 Å². The Hall–Kier alpha value is -2.49. The lowest BCUT2D eigenvalue weighted by molar-refractivity contribution is 0.0985. The van der Waals surface area contributed by atoms with Gasteiger partial charge in [0.05, 0.1) is 18.4 Å². The molecular formula is C17H20N2O2.